The molecule has 1 aromatic rings. The monoisotopic (exact) mass is 315 g/mol. The molecule has 108 valence electrons. The summed E-state index contributed by atoms with van der Waals surface area (Å²) in [5, 5.41) is 0.584. The van der Waals surface area contributed by atoms with Crippen LogP contribution < -0.4 is 4.90 Å². The van der Waals surface area contributed by atoms with E-state index in [0.29, 0.717) is 29.8 Å². The molecule has 0 aliphatic carbocycles. The van der Waals surface area contributed by atoms with Gasteiger partial charge >= 0.3 is 0 Å². The van der Waals surface area contributed by atoms with Gasteiger partial charge in [-0.15, -0.1) is 0 Å². The van der Waals surface area contributed by atoms with Gasteiger partial charge in [0.2, 0.25) is 0 Å². The number of carbonyl (C=O) groups excluding carboxylic acids is 2. The van der Waals surface area contributed by atoms with Gasteiger partial charge < -0.3 is 9.64 Å². The summed E-state index contributed by atoms with van der Waals surface area (Å²) in [6.45, 7) is 5.31. The lowest BCUT2D eigenvalue weighted by Gasteiger charge is -2.18. The van der Waals surface area contributed by atoms with Crippen molar-refractivity contribution in [3.8, 4) is 0 Å². The highest BCUT2D eigenvalue weighted by molar-refractivity contribution is 6.56. The Morgan fingerprint density at radius 2 is 1.85 bits per heavy atom. The van der Waals surface area contributed by atoms with Crippen LogP contribution in [-0.4, -0.2) is 31.4 Å². The van der Waals surface area contributed by atoms with Gasteiger partial charge in [0.1, 0.15) is 0 Å². The molecule has 1 heterocycles. The Morgan fingerprint density at radius 3 is 2.50 bits per heavy atom. The number of ketones is 1. The standard InChI is InChI=1S/C14H15Cl2NO3/c1-8(2)7-20-6-5-17-12-10(16)4-3-9(15)11(12)13(18)14(17)19/h3-4,8H,5-7H2,1-2H3. The normalized spacial score (nSPS) is 14.3. The van der Waals surface area contributed by atoms with E-state index in [1.807, 2.05) is 13.8 Å². The van der Waals surface area contributed by atoms with Gasteiger partial charge in [0, 0.05) is 13.2 Å². The lowest BCUT2D eigenvalue weighted by molar-refractivity contribution is -0.114. The van der Waals surface area contributed by atoms with Crippen molar-refractivity contribution < 1.29 is 14.3 Å². The van der Waals surface area contributed by atoms with Crippen LogP contribution in [0.15, 0.2) is 12.1 Å². The maximum absolute atomic E-state index is 12.0. The van der Waals surface area contributed by atoms with E-state index in [2.05, 4.69) is 0 Å². The van der Waals surface area contributed by atoms with E-state index in [-0.39, 0.29) is 17.1 Å². The van der Waals surface area contributed by atoms with E-state index in [1.165, 1.54) is 11.0 Å². The molecule has 0 N–H and O–H groups in total. The topological polar surface area (TPSA) is 46.6 Å². The fourth-order valence-electron chi connectivity index (χ4n) is 2.04. The molecule has 4 nitrogen and oxygen atoms in total. The maximum atomic E-state index is 12.0. The summed E-state index contributed by atoms with van der Waals surface area (Å²) >= 11 is 12.1. The second-order valence-electron chi connectivity index (χ2n) is 5.01. The highest BCUT2D eigenvalue weighted by Gasteiger charge is 2.38. The van der Waals surface area contributed by atoms with Gasteiger partial charge in [-0.1, -0.05) is 37.0 Å². The summed E-state index contributed by atoms with van der Waals surface area (Å²) < 4.78 is 5.44. The molecule has 0 spiro atoms. The predicted molar refractivity (Wildman–Crippen MR) is 78.8 cm³/mol. The fourth-order valence-corrected chi connectivity index (χ4v) is 2.54. The molecule has 1 aliphatic rings. The van der Waals surface area contributed by atoms with Crippen LogP contribution in [0.4, 0.5) is 5.69 Å². The minimum Gasteiger partial charge on any atom is -0.379 e. The highest BCUT2D eigenvalue weighted by atomic mass is 35.5. The number of hydrogen-bond donors (Lipinski definition) is 0. The Morgan fingerprint density at radius 1 is 1.20 bits per heavy atom. The second kappa shape index (κ2) is 6.12. The number of Topliss-reactive ketones (excluding diaryl/α,β-unsaturated/α-hetero) is 1. The summed E-state index contributed by atoms with van der Waals surface area (Å²) in [6, 6.07) is 3.10. The number of amides is 1. The third kappa shape index (κ3) is 2.82. The number of hydrogen-bond acceptors (Lipinski definition) is 3. The molecular formula is C14H15Cl2NO3. The van der Waals surface area contributed by atoms with E-state index in [9.17, 15) is 9.59 Å². The van der Waals surface area contributed by atoms with Crippen molar-refractivity contribution in [3.05, 3.63) is 27.7 Å². The quantitative estimate of drug-likeness (QED) is 0.619. The molecule has 1 aromatic carbocycles. The Hall–Kier alpha value is -1.10. The minimum atomic E-state index is -0.614. The van der Waals surface area contributed by atoms with Gasteiger partial charge in [-0.05, 0) is 18.1 Å². The van der Waals surface area contributed by atoms with Crippen molar-refractivity contribution in [2.75, 3.05) is 24.7 Å². The third-order valence-corrected chi connectivity index (χ3v) is 3.54. The van der Waals surface area contributed by atoms with Crippen LogP contribution in [0, 0.1) is 5.92 Å². The molecule has 6 heteroatoms. The lowest BCUT2D eigenvalue weighted by atomic mass is 10.1. The minimum absolute atomic E-state index is 0.188. The first-order valence-corrected chi connectivity index (χ1v) is 7.11. The van der Waals surface area contributed by atoms with Crippen LogP contribution in [0.5, 0.6) is 0 Å². The molecule has 0 bridgehead atoms. The van der Waals surface area contributed by atoms with Crippen molar-refractivity contribution in [1.82, 2.24) is 0 Å². The van der Waals surface area contributed by atoms with Crippen molar-refractivity contribution in [3.63, 3.8) is 0 Å². The molecular weight excluding hydrogens is 301 g/mol. The van der Waals surface area contributed by atoms with Crippen LogP contribution in [0.25, 0.3) is 0 Å². The lowest BCUT2D eigenvalue weighted by Crippen LogP contribution is -2.33. The van der Waals surface area contributed by atoms with Gasteiger partial charge in [0.25, 0.3) is 11.7 Å². The van der Waals surface area contributed by atoms with E-state index in [1.54, 1.807) is 6.07 Å². The van der Waals surface area contributed by atoms with Crippen LogP contribution in [0.2, 0.25) is 10.0 Å². The molecule has 20 heavy (non-hydrogen) atoms. The zero-order valence-corrected chi connectivity index (χ0v) is 12.8. The van der Waals surface area contributed by atoms with Gasteiger partial charge in [0.15, 0.2) is 0 Å². The Balaban J connectivity index is 2.18. The smallest absolute Gasteiger partial charge is 0.299 e. The van der Waals surface area contributed by atoms with Gasteiger partial charge in [-0.25, -0.2) is 0 Å². The number of benzene rings is 1. The third-order valence-electron chi connectivity index (χ3n) is 2.92. The molecule has 0 fully saturated rings. The van der Waals surface area contributed by atoms with Crippen molar-refractivity contribution >= 4 is 40.6 Å². The first kappa shape index (κ1) is 15.3. The van der Waals surface area contributed by atoms with E-state index in [4.69, 9.17) is 27.9 Å². The molecule has 2 rings (SSSR count). The first-order chi connectivity index (χ1) is 9.43. The zero-order valence-electron chi connectivity index (χ0n) is 11.3. The number of carbonyl (C=O) groups is 2. The summed E-state index contributed by atoms with van der Waals surface area (Å²) in [7, 11) is 0. The number of halogens is 2. The van der Waals surface area contributed by atoms with Gasteiger partial charge in [0.05, 0.1) is 27.9 Å². The van der Waals surface area contributed by atoms with Crippen LogP contribution >= 0.6 is 23.2 Å². The molecule has 0 saturated carbocycles. The second-order valence-corrected chi connectivity index (χ2v) is 5.82. The van der Waals surface area contributed by atoms with E-state index < -0.39 is 11.7 Å². The average Bonchev–Trinajstić information content (AvgIpc) is 2.64. The van der Waals surface area contributed by atoms with Crippen LogP contribution in [0.1, 0.15) is 24.2 Å². The molecule has 0 radical (unpaired) electrons. The Labute approximate surface area is 127 Å². The molecule has 0 aromatic heterocycles. The SMILES string of the molecule is CC(C)COCCN1C(=O)C(=O)c2c(Cl)ccc(Cl)c21. The molecule has 0 unspecified atom stereocenters. The highest BCUT2D eigenvalue weighted by Crippen LogP contribution is 2.39. The van der Waals surface area contributed by atoms with Crippen molar-refractivity contribution in [2.24, 2.45) is 5.92 Å². The first-order valence-electron chi connectivity index (χ1n) is 6.35. The Kier molecular flexibility index (Phi) is 4.68. The van der Waals surface area contributed by atoms with Crippen LogP contribution in [-0.2, 0) is 9.53 Å². The number of rotatable bonds is 5. The number of ether oxygens (including phenoxy) is 1. The summed E-state index contributed by atoms with van der Waals surface area (Å²) in [5.41, 5.74) is 0.579. The molecule has 0 atom stereocenters. The number of nitrogens with zero attached hydrogens (tertiary/aromatic N) is 1. The average molecular weight is 316 g/mol. The Bertz CT molecular complexity index is 558. The van der Waals surface area contributed by atoms with Gasteiger partial charge in [-0.2, -0.15) is 0 Å². The van der Waals surface area contributed by atoms with E-state index in [0.717, 1.165) is 0 Å². The van der Waals surface area contributed by atoms with Gasteiger partial charge in [-0.3, -0.25) is 9.59 Å². The summed E-state index contributed by atoms with van der Waals surface area (Å²) in [4.78, 5) is 25.3. The van der Waals surface area contributed by atoms with Crippen molar-refractivity contribution in [2.45, 2.75) is 13.8 Å². The van der Waals surface area contributed by atoms with Crippen molar-refractivity contribution in [1.29, 1.82) is 0 Å². The van der Waals surface area contributed by atoms with Crippen LogP contribution in [0.3, 0.4) is 0 Å². The van der Waals surface area contributed by atoms with E-state index >= 15 is 0 Å². The summed E-state index contributed by atoms with van der Waals surface area (Å²) in [5.74, 6) is -0.810. The number of anilines is 1. The zero-order chi connectivity index (χ0) is 14.9. The fraction of sp³-hybridized carbons (Fsp3) is 0.429. The number of fused-ring (bicyclic) bond motifs is 1. The maximum Gasteiger partial charge on any atom is 0.299 e. The molecule has 0 saturated heterocycles. The molecule has 1 amide bonds. The molecule has 1 aliphatic heterocycles. The predicted octanol–water partition coefficient (Wildman–Crippen LogP) is 3.20. The largest absolute Gasteiger partial charge is 0.379 e. The summed E-state index contributed by atoms with van der Waals surface area (Å²) in [6.07, 6.45) is 0.